The minimum Gasteiger partial charge on any atom is -0.339 e. The smallest absolute Gasteiger partial charge is 0.236 e. The Bertz CT molecular complexity index is 607. The van der Waals surface area contributed by atoms with Crippen LogP contribution in [0.2, 0.25) is 0 Å². The van der Waals surface area contributed by atoms with Gasteiger partial charge in [-0.2, -0.15) is 0 Å². The molecule has 154 valence electrons. The summed E-state index contributed by atoms with van der Waals surface area (Å²) in [6, 6.07) is 8.69. The van der Waals surface area contributed by atoms with Gasteiger partial charge in [0.15, 0.2) is 0 Å². The largest absolute Gasteiger partial charge is 0.339 e. The minimum absolute atomic E-state index is 0. The maximum atomic E-state index is 12.6. The fraction of sp³-hybridized carbons (Fsp3) is 0.650. The number of rotatable bonds is 5. The summed E-state index contributed by atoms with van der Waals surface area (Å²) < 4.78 is 0. The third kappa shape index (κ3) is 6.61. The van der Waals surface area contributed by atoms with Crippen molar-refractivity contribution in [2.75, 3.05) is 52.4 Å². The molecule has 1 amide bonds. The molecule has 1 atom stereocenters. The third-order valence-electron chi connectivity index (χ3n) is 5.70. The molecule has 2 fully saturated rings. The number of likely N-dealkylation sites (tertiary alicyclic amines) is 1. The number of hydrogen-bond donors (Lipinski definition) is 1. The zero-order valence-electron chi connectivity index (χ0n) is 16.5. The minimum atomic E-state index is 0. The topological polar surface area (TPSA) is 52.8 Å². The van der Waals surface area contributed by atoms with Crippen LogP contribution in [0.15, 0.2) is 24.3 Å². The molecule has 2 heterocycles. The molecule has 2 N–H and O–H groups in total. The average molecular weight is 417 g/mol. The number of benzene rings is 1. The summed E-state index contributed by atoms with van der Waals surface area (Å²) in [6.07, 6.45) is 1.10. The average Bonchev–Trinajstić information content (AvgIpc) is 2.97. The molecule has 0 saturated carbocycles. The van der Waals surface area contributed by atoms with Gasteiger partial charge in [0.1, 0.15) is 0 Å². The number of piperazine rings is 1. The Hall–Kier alpha value is -0.850. The van der Waals surface area contributed by atoms with Crippen molar-refractivity contribution in [2.24, 2.45) is 11.1 Å². The van der Waals surface area contributed by atoms with E-state index in [9.17, 15) is 4.79 Å². The van der Waals surface area contributed by atoms with Crippen molar-refractivity contribution in [2.45, 2.75) is 26.8 Å². The van der Waals surface area contributed by atoms with E-state index in [1.54, 1.807) is 0 Å². The summed E-state index contributed by atoms with van der Waals surface area (Å²) in [5, 5.41) is 0. The highest BCUT2D eigenvalue weighted by molar-refractivity contribution is 5.85. The Morgan fingerprint density at radius 3 is 2.41 bits per heavy atom. The van der Waals surface area contributed by atoms with E-state index in [0.29, 0.717) is 13.1 Å². The highest BCUT2D eigenvalue weighted by Crippen LogP contribution is 2.28. The molecule has 1 unspecified atom stereocenters. The first-order valence-electron chi connectivity index (χ1n) is 9.45. The van der Waals surface area contributed by atoms with Crippen molar-refractivity contribution in [1.82, 2.24) is 14.7 Å². The first-order valence-corrected chi connectivity index (χ1v) is 9.45. The van der Waals surface area contributed by atoms with Gasteiger partial charge in [-0.1, -0.05) is 36.8 Å². The van der Waals surface area contributed by atoms with E-state index < -0.39 is 0 Å². The molecule has 0 aliphatic carbocycles. The third-order valence-corrected chi connectivity index (χ3v) is 5.70. The second kappa shape index (κ2) is 10.6. The van der Waals surface area contributed by atoms with Gasteiger partial charge in [0.2, 0.25) is 5.91 Å². The van der Waals surface area contributed by atoms with Gasteiger partial charge in [0.05, 0.1) is 6.54 Å². The Balaban J connectivity index is 0.00000182. The monoisotopic (exact) mass is 416 g/mol. The molecule has 2 aliphatic rings. The van der Waals surface area contributed by atoms with Crippen LogP contribution >= 0.6 is 24.8 Å². The van der Waals surface area contributed by atoms with Crippen LogP contribution in [0.5, 0.6) is 0 Å². The Morgan fingerprint density at radius 2 is 1.81 bits per heavy atom. The van der Waals surface area contributed by atoms with Crippen molar-refractivity contribution >= 4 is 30.7 Å². The SMILES string of the molecule is Cc1cccc(CN2CCN(C(=O)CN3CCC(C)(CN)C3)CC2)c1.Cl.Cl. The van der Waals surface area contributed by atoms with Gasteiger partial charge >= 0.3 is 0 Å². The van der Waals surface area contributed by atoms with E-state index >= 15 is 0 Å². The lowest BCUT2D eigenvalue weighted by Gasteiger charge is -2.35. The maximum Gasteiger partial charge on any atom is 0.236 e. The maximum absolute atomic E-state index is 12.6. The van der Waals surface area contributed by atoms with E-state index in [1.165, 1.54) is 11.1 Å². The molecular weight excluding hydrogens is 383 g/mol. The summed E-state index contributed by atoms with van der Waals surface area (Å²) in [7, 11) is 0. The van der Waals surface area contributed by atoms with E-state index in [0.717, 1.165) is 52.2 Å². The van der Waals surface area contributed by atoms with Crippen LogP contribution in [0.25, 0.3) is 0 Å². The van der Waals surface area contributed by atoms with Crippen LogP contribution in [0.4, 0.5) is 0 Å². The van der Waals surface area contributed by atoms with Crippen LogP contribution < -0.4 is 5.73 Å². The number of hydrogen-bond acceptors (Lipinski definition) is 4. The van der Waals surface area contributed by atoms with Gasteiger partial charge in [-0.15, -0.1) is 24.8 Å². The number of halogens is 2. The molecule has 2 aliphatic heterocycles. The van der Waals surface area contributed by atoms with Gasteiger partial charge in [-0.25, -0.2) is 0 Å². The zero-order valence-corrected chi connectivity index (χ0v) is 18.2. The molecule has 5 nitrogen and oxygen atoms in total. The fourth-order valence-electron chi connectivity index (χ4n) is 3.94. The Morgan fingerprint density at radius 1 is 1.11 bits per heavy atom. The van der Waals surface area contributed by atoms with E-state index in [1.807, 2.05) is 4.90 Å². The van der Waals surface area contributed by atoms with Crippen LogP contribution in [0.1, 0.15) is 24.5 Å². The first kappa shape index (κ1) is 24.2. The molecule has 1 aromatic carbocycles. The van der Waals surface area contributed by atoms with Gasteiger partial charge in [0.25, 0.3) is 0 Å². The van der Waals surface area contributed by atoms with Crippen molar-refractivity contribution < 1.29 is 4.79 Å². The second-order valence-corrected chi connectivity index (χ2v) is 8.12. The summed E-state index contributed by atoms with van der Waals surface area (Å²) in [5.74, 6) is 0.275. The standard InChI is InChI=1S/C20H32N4O.2ClH/c1-17-4-3-5-18(12-17)13-22-8-10-24(11-9-22)19(25)14-23-7-6-20(2,15-21)16-23;;/h3-5,12H,6-11,13-16,21H2,1-2H3;2*1H. The first-order chi connectivity index (χ1) is 12.0. The van der Waals surface area contributed by atoms with Gasteiger partial charge < -0.3 is 10.6 Å². The van der Waals surface area contributed by atoms with Gasteiger partial charge in [0, 0.05) is 39.3 Å². The quantitative estimate of drug-likeness (QED) is 0.798. The number of carbonyl (C=O) groups is 1. The van der Waals surface area contributed by atoms with Crippen LogP contribution in [0, 0.1) is 12.3 Å². The van der Waals surface area contributed by atoms with E-state index in [4.69, 9.17) is 5.73 Å². The number of amides is 1. The lowest BCUT2D eigenvalue weighted by Crippen LogP contribution is -2.50. The van der Waals surface area contributed by atoms with Crippen molar-refractivity contribution in [1.29, 1.82) is 0 Å². The zero-order chi connectivity index (χ0) is 17.9. The predicted molar refractivity (Wildman–Crippen MR) is 116 cm³/mol. The van der Waals surface area contributed by atoms with Crippen LogP contribution in [0.3, 0.4) is 0 Å². The highest BCUT2D eigenvalue weighted by atomic mass is 35.5. The number of nitrogens with two attached hydrogens (primary N) is 1. The molecular formula is C20H34Cl2N4O. The van der Waals surface area contributed by atoms with Crippen molar-refractivity contribution in [3.05, 3.63) is 35.4 Å². The number of carbonyl (C=O) groups excluding carboxylic acids is 1. The molecule has 27 heavy (non-hydrogen) atoms. The molecule has 0 aromatic heterocycles. The normalized spacial score (nSPS) is 23.6. The molecule has 0 bridgehead atoms. The van der Waals surface area contributed by atoms with E-state index in [2.05, 4.69) is 47.9 Å². The van der Waals surface area contributed by atoms with Crippen molar-refractivity contribution in [3.8, 4) is 0 Å². The molecule has 2 saturated heterocycles. The second-order valence-electron chi connectivity index (χ2n) is 8.12. The molecule has 0 spiro atoms. The fourth-order valence-corrected chi connectivity index (χ4v) is 3.94. The number of nitrogens with zero attached hydrogens (tertiary/aromatic N) is 3. The lowest BCUT2D eigenvalue weighted by atomic mass is 9.90. The predicted octanol–water partition coefficient (Wildman–Crippen LogP) is 2.15. The summed E-state index contributed by atoms with van der Waals surface area (Å²) in [6.45, 7) is 12.1. The molecule has 7 heteroatoms. The van der Waals surface area contributed by atoms with E-state index in [-0.39, 0.29) is 36.1 Å². The van der Waals surface area contributed by atoms with Gasteiger partial charge in [-0.3, -0.25) is 14.6 Å². The Labute approximate surface area is 176 Å². The summed E-state index contributed by atoms with van der Waals surface area (Å²) in [5.41, 5.74) is 8.72. The number of aryl methyl sites for hydroxylation is 1. The van der Waals surface area contributed by atoms with Crippen molar-refractivity contribution in [3.63, 3.8) is 0 Å². The summed E-state index contributed by atoms with van der Waals surface area (Å²) >= 11 is 0. The van der Waals surface area contributed by atoms with Crippen LogP contribution in [-0.4, -0.2) is 73.0 Å². The highest BCUT2D eigenvalue weighted by Gasteiger charge is 2.34. The van der Waals surface area contributed by atoms with Crippen LogP contribution in [-0.2, 0) is 11.3 Å². The lowest BCUT2D eigenvalue weighted by molar-refractivity contribution is -0.134. The Kier molecular flexibility index (Phi) is 9.52. The molecule has 1 aromatic rings. The van der Waals surface area contributed by atoms with Gasteiger partial charge in [-0.05, 0) is 37.4 Å². The molecule has 3 rings (SSSR count). The summed E-state index contributed by atoms with van der Waals surface area (Å²) in [4.78, 5) is 19.3. The molecule has 0 radical (unpaired) electrons.